The van der Waals surface area contributed by atoms with Crippen LogP contribution in [-0.4, -0.2) is 31.9 Å². The molecule has 0 saturated carbocycles. The molecule has 2 amide bonds. The van der Waals surface area contributed by atoms with E-state index in [2.05, 4.69) is 15.4 Å². The molecule has 0 atom stereocenters. The molecule has 0 fully saturated rings. The van der Waals surface area contributed by atoms with Crippen molar-refractivity contribution in [2.75, 3.05) is 25.3 Å². The highest BCUT2D eigenvalue weighted by molar-refractivity contribution is 5.94. The number of amides is 2. The topological polar surface area (TPSA) is 85.9 Å². The molecule has 0 radical (unpaired) electrons. The Kier molecular flexibility index (Phi) is 4.07. The first-order valence-corrected chi connectivity index (χ1v) is 5.79. The van der Waals surface area contributed by atoms with Crippen LogP contribution in [0.2, 0.25) is 0 Å². The van der Waals surface area contributed by atoms with Gasteiger partial charge in [-0.15, -0.1) is 0 Å². The number of rotatable bonds is 4. The zero-order chi connectivity index (χ0) is 13.7. The van der Waals surface area contributed by atoms with Crippen LogP contribution in [0, 0.1) is 0 Å². The third-order valence-electron chi connectivity index (χ3n) is 2.33. The lowest BCUT2D eigenvalue weighted by molar-refractivity contribution is -0.115. The predicted octanol–water partition coefficient (Wildman–Crippen LogP) is 1.10. The van der Waals surface area contributed by atoms with E-state index in [4.69, 9.17) is 9.47 Å². The van der Waals surface area contributed by atoms with Crippen LogP contribution in [0.3, 0.4) is 0 Å². The molecule has 2 N–H and O–H groups in total. The molecule has 0 saturated heterocycles. The van der Waals surface area contributed by atoms with Gasteiger partial charge in [-0.05, 0) is 19.1 Å². The van der Waals surface area contributed by atoms with Crippen LogP contribution < -0.4 is 20.1 Å². The molecular formula is C12H14N2O5. The summed E-state index contributed by atoms with van der Waals surface area (Å²) in [6.07, 6.45) is -0.622. The minimum Gasteiger partial charge on any atom is -0.454 e. The molecule has 1 aliphatic heterocycles. The van der Waals surface area contributed by atoms with Gasteiger partial charge in [-0.3, -0.25) is 4.79 Å². The van der Waals surface area contributed by atoms with Crippen molar-refractivity contribution in [2.24, 2.45) is 0 Å². The summed E-state index contributed by atoms with van der Waals surface area (Å²) < 4.78 is 15.0. The van der Waals surface area contributed by atoms with Gasteiger partial charge in [-0.25, -0.2) is 4.79 Å². The summed E-state index contributed by atoms with van der Waals surface area (Å²) in [6.45, 7) is 1.96. The van der Waals surface area contributed by atoms with E-state index >= 15 is 0 Å². The number of anilines is 1. The van der Waals surface area contributed by atoms with Crippen molar-refractivity contribution in [3.05, 3.63) is 18.2 Å². The van der Waals surface area contributed by atoms with E-state index in [0.29, 0.717) is 17.2 Å². The Balaban J connectivity index is 1.84. The third-order valence-corrected chi connectivity index (χ3v) is 2.33. The minimum atomic E-state index is -0.622. The fourth-order valence-corrected chi connectivity index (χ4v) is 1.51. The first kappa shape index (κ1) is 13.0. The SMILES string of the molecule is CCOC(=O)NCC(=O)Nc1ccc2c(c1)OCO2. The summed E-state index contributed by atoms with van der Waals surface area (Å²) in [4.78, 5) is 22.6. The number of benzene rings is 1. The Bertz CT molecular complexity index is 489. The summed E-state index contributed by atoms with van der Waals surface area (Å²) >= 11 is 0. The molecule has 102 valence electrons. The van der Waals surface area contributed by atoms with Crippen molar-refractivity contribution in [2.45, 2.75) is 6.92 Å². The van der Waals surface area contributed by atoms with Crippen molar-refractivity contribution in [3.63, 3.8) is 0 Å². The number of ether oxygens (including phenoxy) is 3. The van der Waals surface area contributed by atoms with Gasteiger partial charge >= 0.3 is 6.09 Å². The molecule has 1 aromatic rings. The highest BCUT2D eigenvalue weighted by atomic mass is 16.7. The first-order valence-electron chi connectivity index (χ1n) is 5.79. The van der Waals surface area contributed by atoms with E-state index < -0.39 is 6.09 Å². The average Bonchev–Trinajstić information content (AvgIpc) is 2.84. The Morgan fingerprint density at radius 3 is 2.89 bits per heavy atom. The fourth-order valence-electron chi connectivity index (χ4n) is 1.51. The van der Waals surface area contributed by atoms with Gasteiger partial charge in [0.25, 0.3) is 0 Å². The number of alkyl carbamates (subject to hydrolysis) is 1. The maximum atomic E-state index is 11.6. The maximum Gasteiger partial charge on any atom is 0.407 e. The second-order valence-corrected chi connectivity index (χ2v) is 3.69. The number of fused-ring (bicyclic) bond motifs is 1. The molecule has 0 unspecified atom stereocenters. The molecule has 0 aliphatic carbocycles. The summed E-state index contributed by atoms with van der Waals surface area (Å²) in [5.74, 6) is 0.866. The van der Waals surface area contributed by atoms with Gasteiger partial charge in [0, 0.05) is 11.8 Å². The highest BCUT2D eigenvalue weighted by Crippen LogP contribution is 2.34. The summed E-state index contributed by atoms with van der Waals surface area (Å²) in [5, 5.41) is 4.95. The largest absolute Gasteiger partial charge is 0.454 e. The summed E-state index contributed by atoms with van der Waals surface area (Å²) in [6, 6.07) is 5.05. The van der Waals surface area contributed by atoms with Gasteiger partial charge in [0.05, 0.1) is 6.61 Å². The van der Waals surface area contributed by atoms with Gasteiger partial charge in [-0.2, -0.15) is 0 Å². The standard InChI is InChI=1S/C12H14N2O5/c1-2-17-12(16)13-6-11(15)14-8-3-4-9-10(5-8)19-7-18-9/h3-5H,2,6-7H2,1H3,(H,13,16)(H,14,15). The lowest BCUT2D eigenvalue weighted by Crippen LogP contribution is -2.33. The van der Waals surface area contributed by atoms with Crippen LogP contribution in [0.1, 0.15) is 6.92 Å². The van der Waals surface area contributed by atoms with Crippen molar-refractivity contribution in [1.29, 1.82) is 0 Å². The van der Waals surface area contributed by atoms with Gasteiger partial charge in [0.15, 0.2) is 11.5 Å². The van der Waals surface area contributed by atoms with E-state index in [1.54, 1.807) is 25.1 Å². The van der Waals surface area contributed by atoms with Gasteiger partial charge in [0.2, 0.25) is 12.7 Å². The lowest BCUT2D eigenvalue weighted by Gasteiger charge is -2.07. The van der Waals surface area contributed by atoms with Crippen molar-refractivity contribution in [3.8, 4) is 11.5 Å². The van der Waals surface area contributed by atoms with Crippen molar-refractivity contribution in [1.82, 2.24) is 5.32 Å². The number of hydrogen-bond acceptors (Lipinski definition) is 5. The second-order valence-electron chi connectivity index (χ2n) is 3.69. The Hall–Kier alpha value is -2.44. The molecule has 19 heavy (non-hydrogen) atoms. The first-order chi connectivity index (χ1) is 9.19. The fraction of sp³-hybridized carbons (Fsp3) is 0.333. The molecule has 1 aromatic carbocycles. The van der Waals surface area contributed by atoms with E-state index in [9.17, 15) is 9.59 Å². The minimum absolute atomic E-state index is 0.159. The van der Waals surface area contributed by atoms with E-state index in [-0.39, 0.29) is 25.9 Å². The second kappa shape index (κ2) is 5.94. The molecule has 7 heteroatoms. The number of hydrogen-bond donors (Lipinski definition) is 2. The smallest absolute Gasteiger partial charge is 0.407 e. The highest BCUT2D eigenvalue weighted by Gasteiger charge is 2.14. The molecule has 1 aliphatic rings. The molecule has 0 spiro atoms. The summed E-state index contributed by atoms with van der Waals surface area (Å²) in [7, 11) is 0. The monoisotopic (exact) mass is 266 g/mol. The van der Waals surface area contributed by atoms with Crippen molar-refractivity contribution < 1.29 is 23.8 Å². The zero-order valence-corrected chi connectivity index (χ0v) is 10.4. The molecular weight excluding hydrogens is 252 g/mol. The Morgan fingerprint density at radius 2 is 2.11 bits per heavy atom. The van der Waals surface area contributed by atoms with E-state index in [1.807, 2.05) is 0 Å². The summed E-state index contributed by atoms with van der Waals surface area (Å²) in [5.41, 5.74) is 0.569. The molecule has 2 rings (SSSR count). The van der Waals surface area contributed by atoms with E-state index in [0.717, 1.165) is 0 Å². The van der Waals surface area contributed by atoms with Gasteiger partial charge < -0.3 is 24.8 Å². The average molecular weight is 266 g/mol. The van der Waals surface area contributed by atoms with E-state index in [1.165, 1.54) is 0 Å². The number of nitrogens with one attached hydrogen (secondary N) is 2. The lowest BCUT2D eigenvalue weighted by atomic mass is 10.3. The van der Waals surface area contributed by atoms with Gasteiger partial charge in [-0.1, -0.05) is 0 Å². The van der Waals surface area contributed by atoms with Gasteiger partial charge in [0.1, 0.15) is 6.54 Å². The molecule has 1 heterocycles. The predicted molar refractivity (Wildman–Crippen MR) is 66.2 cm³/mol. The Morgan fingerprint density at radius 1 is 1.32 bits per heavy atom. The van der Waals surface area contributed by atoms with Crippen LogP contribution in [0.4, 0.5) is 10.5 Å². The normalized spacial score (nSPS) is 11.8. The van der Waals surface area contributed by atoms with Crippen LogP contribution in [0.25, 0.3) is 0 Å². The molecule has 0 aromatic heterocycles. The van der Waals surface area contributed by atoms with Crippen LogP contribution in [-0.2, 0) is 9.53 Å². The number of carbonyl (C=O) groups is 2. The van der Waals surface area contributed by atoms with Crippen LogP contribution in [0.15, 0.2) is 18.2 Å². The van der Waals surface area contributed by atoms with Crippen LogP contribution >= 0.6 is 0 Å². The Labute approximate surface area is 109 Å². The number of carbonyl (C=O) groups excluding carboxylic acids is 2. The maximum absolute atomic E-state index is 11.6. The quantitative estimate of drug-likeness (QED) is 0.852. The van der Waals surface area contributed by atoms with Crippen LogP contribution in [0.5, 0.6) is 11.5 Å². The molecule has 7 nitrogen and oxygen atoms in total. The zero-order valence-electron chi connectivity index (χ0n) is 10.4. The van der Waals surface area contributed by atoms with Crippen molar-refractivity contribution >= 4 is 17.7 Å². The third kappa shape index (κ3) is 3.51. The molecule has 0 bridgehead atoms.